The number of hydrogen-bond acceptors (Lipinski definition) is 3. The molecule has 19 heavy (non-hydrogen) atoms. The molecule has 1 aromatic rings. The largest absolute Gasteiger partial charge is 0.396 e. The van der Waals surface area contributed by atoms with Gasteiger partial charge in [0.2, 0.25) is 10.0 Å². The van der Waals surface area contributed by atoms with E-state index in [1.807, 2.05) is 0 Å². The first-order valence-electron chi connectivity index (χ1n) is 6.10. The number of aryl methyl sites for hydroxylation is 1. The van der Waals surface area contributed by atoms with Crippen molar-refractivity contribution in [3.05, 3.63) is 29.8 Å². The number of halogens is 1. The lowest BCUT2D eigenvalue weighted by Crippen LogP contribution is -2.43. The molecule has 0 spiro atoms. The second kappa shape index (κ2) is 6.70. The predicted octanol–water partition coefficient (Wildman–Crippen LogP) is 1.91. The molecule has 0 atom stereocenters. The molecular weight excluding hydrogens is 286 g/mol. The summed E-state index contributed by atoms with van der Waals surface area (Å²) in [5.41, 5.74) is 0.325. The maximum atomic E-state index is 12.2. The van der Waals surface area contributed by atoms with E-state index >= 15 is 0 Å². The second-order valence-electron chi connectivity index (χ2n) is 5.05. The molecule has 0 aliphatic rings. The van der Waals surface area contributed by atoms with E-state index in [-0.39, 0.29) is 11.5 Å². The molecule has 6 heteroatoms. The smallest absolute Gasteiger partial charge is 0.241 e. The lowest BCUT2D eigenvalue weighted by atomic mass is 10.0. The average Bonchev–Trinajstić information content (AvgIpc) is 2.28. The summed E-state index contributed by atoms with van der Waals surface area (Å²) in [4.78, 5) is 0.219. The standard InChI is InChI=1S/C13H20ClNO3S/c1-13(2,8-10-16)15-19(17,18)12-5-3-11(4-6-12)7-9-14/h3-6,15-16H,7-10H2,1-2H3. The number of nitrogens with one attached hydrogen (secondary N) is 1. The van der Waals surface area contributed by atoms with Gasteiger partial charge in [0.05, 0.1) is 4.90 Å². The van der Waals surface area contributed by atoms with Crippen LogP contribution in [-0.4, -0.2) is 31.6 Å². The summed E-state index contributed by atoms with van der Waals surface area (Å²) >= 11 is 5.63. The average molecular weight is 306 g/mol. The molecule has 1 aromatic carbocycles. The molecule has 0 radical (unpaired) electrons. The van der Waals surface area contributed by atoms with E-state index in [9.17, 15) is 8.42 Å². The van der Waals surface area contributed by atoms with Crippen molar-refractivity contribution < 1.29 is 13.5 Å². The van der Waals surface area contributed by atoms with Gasteiger partial charge in [-0.1, -0.05) is 12.1 Å². The Morgan fingerprint density at radius 3 is 2.32 bits per heavy atom. The SMILES string of the molecule is CC(C)(CCO)NS(=O)(=O)c1ccc(CCCl)cc1. The van der Waals surface area contributed by atoms with Crippen molar-refractivity contribution >= 4 is 21.6 Å². The minimum Gasteiger partial charge on any atom is -0.396 e. The normalized spacial score (nSPS) is 12.6. The van der Waals surface area contributed by atoms with Gasteiger partial charge >= 0.3 is 0 Å². The maximum absolute atomic E-state index is 12.2. The third-order valence-electron chi connectivity index (χ3n) is 2.76. The van der Waals surface area contributed by atoms with Crippen LogP contribution < -0.4 is 4.72 Å². The van der Waals surface area contributed by atoms with Gasteiger partial charge in [0, 0.05) is 18.0 Å². The minimum absolute atomic E-state index is 0.0653. The van der Waals surface area contributed by atoms with Crippen molar-refractivity contribution in [1.82, 2.24) is 4.72 Å². The molecule has 0 aliphatic heterocycles. The Balaban J connectivity index is 2.88. The van der Waals surface area contributed by atoms with Gasteiger partial charge < -0.3 is 5.11 Å². The van der Waals surface area contributed by atoms with Gasteiger partial charge in [0.1, 0.15) is 0 Å². The summed E-state index contributed by atoms with van der Waals surface area (Å²) in [5, 5.41) is 8.92. The van der Waals surface area contributed by atoms with E-state index in [0.717, 1.165) is 5.56 Å². The first-order valence-corrected chi connectivity index (χ1v) is 8.12. The van der Waals surface area contributed by atoms with E-state index in [4.69, 9.17) is 16.7 Å². The topological polar surface area (TPSA) is 66.4 Å². The van der Waals surface area contributed by atoms with Gasteiger partial charge in [0.15, 0.2) is 0 Å². The van der Waals surface area contributed by atoms with E-state index < -0.39 is 15.6 Å². The van der Waals surface area contributed by atoms with Gasteiger partial charge in [-0.3, -0.25) is 0 Å². The number of benzene rings is 1. The molecule has 108 valence electrons. The number of aliphatic hydroxyl groups is 1. The molecule has 0 heterocycles. The summed E-state index contributed by atoms with van der Waals surface area (Å²) in [5.74, 6) is 0.508. The van der Waals surface area contributed by atoms with Gasteiger partial charge in [-0.2, -0.15) is 0 Å². The second-order valence-corrected chi connectivity index (χ2v) is 7.11. The van der Waals surface area contributed by atoms with Crippen molar-refractivity contribution in [3.8, 4) is 0 Å². The Labute approximate surface area is 119 Å². The molecule has 0 amide bonds. The summed E-state index contributed by atoms with van der Waals surface area (Å²) < 4.78 is 26.9. The molecular formula is C13H20ClNO3S. The number of alkyl halides is 1. The quantitative estimate of drug-likeness (QED) is 0.756. The monoisotopic (exact) mass is 305 g/mol. The van der Waals surface area contributed by atoms with Crippen LogP contribution in [0.15, 0.2) is 29.2 Å². The van der Waals surface area contributed by atoms with Crippen molar-refractivity contribution in [3.63, 3.8) is 0 Å². The Morgan fingerprint density at radius 2 is 1.84 bits per heavy atom. The zero-order valence-corrected chi connectivity index (χ0v) is 12.8. The Hall–Kier alpha value is -0.620. The summed E-state index contributed by atoms with van der Waals surface area (Å²) in [6.45, 7) is 3.41. The van der Waals surface area contributed by atoms with Crippen LogP contribution in [0.25, 0.3) is 0 Å². The van der Waals surface area contributed by atoms with E-state index in [0.29, 0.717) is 18.7 Å². The van der Waals surface area contributed by atoms with Gasteiger partial charge in [-0.25, -0.2) is 13.1 Å². The molecule has 0 saturated carbocycles. The van der Waals surface area contributed by atoms with Crippen LogP contribution in [-0.2, 0) is 16.4 Å². The Kier molecular flexibility index (Phi) is 5.80. The fraction of sp³-hybridized carbons (Fsp3) is 0.538. The zero-order chi connectivity index (χ0) is 14.5. The molecule has 2 N–H and O–H groups in total. The molecule has 0 unspecified atom stereocenters. The molecule has 4 nitrogen and oxygen atoms in total. The molecule has 0 saturated heterocycles. The van der Waals surface area contributed by atoms with E-state index in [1.165, 1.54) is 0 Å². The van der Waals surface area contributed by atoms with Crippen LogP contribution >= 0.6 is 11.6 Å². The third kappa shape index (κ3) is 5.10. The number of hydrogen-bond donors (Lipinski definition) is 2. The van der Waals surface area contributed by atoms with E-state index in [2.05, 4.69) is 4.72 Å². The lowest BCUT2D eigenvalue weighted by Gasteiger charge is -2.25. The number of aliphatic hydroxyl groups excluding tert-OH is 1. The predicted molar refractivity (Wildman–Crippen MR) is 77.0 cm³/mol. The first-order chi connectivity index (χ1) is 8.80. The molecule has 0 bridgehead atoms. The zero-order valence-electron chi connectivity index (χ0n) is 11.2. The highest BCUT2D eigenvalue weighted by atomic mass is 35.5. The summed E-state index contributed by atoms with van der Waals surface area (Å²) in [7, 11) is -3.57. The van der Waals surface area contributed by atoms with Gasteiger partial charge in [0.25, 0.3) is 0 Å². The highest BCUT2D eigenvalue weighted by Gasteiger charge is 2.25. The van der Waals surface area contributed by atoms with Crippen LogP contribution in [0, 0.1) is 0 Å². The highest BCUT2D eigenvalue weighted by Crippen LogP contribution is 2.16. The fourth-order valence-electron chi connectivity index (χ4n) is 1.70. The number of rotatable bonds is 7. The molecule has 0 aromatic heterocycles. The summed E-state index contributed by atoms with van der Waals surface area (Å²) in [6, 6.07) is 6.66. The van der Waals surface area contributed by atoms with Crippen LogP contribution in [0.1, 0.15) is 25.8 Å². The van der Waals surface area contributed by atoms with Crippen molar-refractivity contribution in [2.24, 2.45) is 0 Å². The third-order valence-corrected chi connectivity index (χ3v) is 4.67. The van der Waals surface area contributed by atoms with Crippen LogP contribution in [0.2, 0.25) is 0 Å². The summed E-state index contributed by atoms with van der Waals surface area (Å²) in [6.07, 6.45) is 1.07. The molecule has 1 rings (SSSR count). The molecule has 0 fully saturated rings. The Bertz CT molecular complexity index is 497. The van der Waals surface area contributed by atoms with Crippen LogP contribution in [0.5, 0.6) is 0 Å². The highest BCUT2D eigenvalue weighted by molar-refractivity contribution is 7.89. The van der Waals surface area contributed by atoms with Crippen molar-refractivity contribution in [2.45, 2.75) is 37.1 Å². The van der Waals surface area contributed by atoms with Crippen molar-refractivity contribution in [2.75, 3.05) is 12.5 Å². The number of sulfonamides is 1. The fourth-order valence-corrected chi connectivity index (χ4v) is 3.36. The van der Waals surface area contributed by atoms with E-state index in [1.54, 1.807) is 38.1 Å². The molecule has 0 aliphatic carbocycles. The van der Waals surface area contributed by atoms with Crippen molar-refractivity contribution in [1.29, 1.82) is 0 Å². The Morgan fingerprint density at radius 1 is 1.26 bits per heavy atom. The minimum atomic E-state index is -3.57. The lowest BCUT2D eigenvalue weighted by molar-refractivity contribution is 0.246. The first kappa shape index (κ1) is 16.4. The van der Waals surface area contributed by atoms with Gasteiger partial charge in [-0.15, -0.1) is 11.6 Å². The maximum Gasteiger partial charge on any atom is 0.241 e. The van der Waals surface area contributed by atoms with Crippen LogP contribution in [0.4, 0.5) is 0 Å². The van der Waals surface area contributed by atoms with Gasteiger partial charge in [-0.05, 0) is 44.4 Å². The van der Waals surface area contributed by atoms with Crippen LogP contribution in [0.3, 0.4) is 0 Å².